The Morgan fingerprint density at radius 2 is 1.84 bits per heavy atom. The predicted octanol–water partition coefficient (Wildman–Crippen LogP) is 3.56. The van der Waals surface area contributed by atoms with Crippen molar-refractivity contribution in [1.82, 2.24) is 10.2 Å². The molecule has 3 aromatic carbocycles. The van der Waals surface area contributed by atoms with E-state index in [4.69, 9.17) is 4.74 Å². The van der Waals surface area contributed by atoms with Gasteiger partial charge in [0.15, 0.2) is 0 Å². The lowest BCUT2D eigenvalue weighted by atomic mass is 10.00. The number of carbonyl (C=O) groups excluding carboxylic acids is 1. The van der Waals surface area contributed by atoms with Gasteiger partial charge in [-0.05, 0) is 39.9 Å². The van der Waals surface area contributed by atoms with Crippen molar-refractivity contribution >= 4 is 22.4 Å². The number of hydrogen-bond donors (Lipinski definition) is 1. The van der Waals surface area contributed by atoms with Crippen LogP contribution in [0.25, 0.3) is 10.8 Å². The minimum absolute atomic E-state index is 0.0699. The monoisotopic (exact) mass is 429 g/mol. The number of nitrogens with one attached hydrogen (secondary N) is 1. The van der Waals surface area contributed by atoms with Crippen molar-refractivity contribution in [3.63, 3.8) is 0 Å². The predicted molar refractivity (Wildman–Crippen MR) is 129 cm³/mol. The maximum absolute atomic E-state index is 12.9. The zero-order valence-electron chi connectivity index (χ0n) is 18.7. The van der Waals surface area contributed by atoms with E-state index in [-0.39, 0.29) is 11.9 Å². The van der Waals surface area contributed by atoms with E-state index in [1.807, 2.05) is 18.2 Å². The summed E-state index contributed by atoms with van der Waals surface area (Å²) in [5.74, 6) is 0.0699. The van der Waals surface area contributed by atoms with E-state index < -0.39 is 0 Å². The molecule has 0 aliphatic carbocycles. The highest BCUT2D eigenvalue weighted by Crippen LogP contribution is 2.31. The SMILES string of the molecule is CN1CCc2cc([C@H](CNC(=O)Cc3cccc4ccccc34)N3CCOCC3)ccc21. The Bertz CT molecular complexity index is 1100. The first-order chi connectivity index (χ1) is 15.7. The molecule has 5 rings (SSSR count). The van der Waals surface area contributed by atoms with Gasteiger partial charge in [0.25, 0.3) is 0 Å². The smallest absolute Gasteiger partial charge is 0.224 e. The van der Waals surface area contributed by atoms with Gasteiger partial charge in [0.1, 0.15) is 0 Å². The lowest BCUT2D eigenvalue weighted by molar-refractivity contribution is -0.120. The van der Waals surface area contributed by atoms with Gasteiger partial charge in [0.2, 0.25) is 5.91 Å². The summed E-state index contributed by atoms with van der Waals surface area (Å²) in [7, 11) is 2.15. The number of rotatable bonds is 6. The van der Waals surface area contributed by atoms with Crippen LogP contribution in [0.3, 0.4) is 0 Å². The number of fused-ring (bicyclic) bond motifs is 2. The van der Waals surface area contributed by atoms with Crippen molar-refractivity contribution in [3.05, 3.63) is 77.4 Å². The van der Waals surface area contributed by atoms with Crippen molar-refractivity contribution in [2.45, 2.75) is 18.9 Å². The van der Waals surface area contributed by atoms with Crippen LogP contribution in [-0.4, -0.2) is 57.2 Å². The first kappa shape index (κ1) is 21.0. The normalized spacial score (nSPS) is 17.3. The molecular weight excluding hydrogens is 398 g/mol. The Hall–Kier alpha value is -2.89. The summed E-state index contributed by atoms with van der Waals surface area (Å²) in [6, 6.07) is 21.4. The van der Waals surface area contributed by atoms with Crippen LogP contribution in [0.1, 0.15) is 22.7 Å². The molecule has 2 aliphatic heterocycles. The first-order valence-corrected chi connectivity index (χ1v) is 11.6. The third kappa shape index (κ3) is 4.36. The molecule has 0 radical (unpaired) electrons. The Kier molecular flexibility index (Phi) is 6.10. The number of nitrogens with zero attached hydrogens (tertiary/aromatic N) is 2. The molecule has 0 saturated carbocycles. The van der Waals surface area contributed by atoms with E-state index >= 15 is 0 Å². The number of likely N-dealkylation sites (N-methyl/N-ethyl adjacent to an activating group) is 1. The highest BCUT2D eigenvalue weighted by atomic mass is 16.5. The molecule has 2 aliphatic rings. The molecule has 1 saturated heterocycles. The molecule has 1 N–H and O–H groups in total. The van der Waals surface area contributed by atoms with Crippen molar-refractivity contribution in [2.75, 3.05) is 51.3 Å². The third-order valence-corrected chi connectivity index (χ3v) is 6.83. The summed E-state index contributed by atoms with van der Waals surface area (Å²) < 4.78 is 5.58. The fourth-order valence-electron chi connectivity index (χ4n) is 5.03. The molecule has 0 spiro atoms. The standard InChI is InChI=1S/C27H31N3O2/c1-29-12-11-23-17-22(9-10-25(23)29)26(30-13-15-32-16-14-30)19-28-27(31)18-21-7-4-6-20-5-2-3-8-24(20)21/h2-10,17,26H,11-16,18-19H2,1H3,(H,28,31)/t26-/m0/s1. The molecule has 1 amide bonds. The van der Waals surface area contributed by atoms with Gasteiger partial charge >= 0.3 is 0 Å². The molecule has 3 aromatic rings. The van der Waals surface area contributed by atoms with Gasteiger partial charge in [0, 0.05) is 38.9 Å². The zero-order chi connectivity index (χ0) is 21.9. The molecular formula is C27H31N3O2. The molecule has 1 fully saturated rings. The molecule has 0 bridgehead atoms. The second-order valence-electron chi connectivity index (χ2n) is 8.84. The molecule has 32 heavy (non-hydrogen) atoms. The Balaban J connectivity index is 1.32. The number of amides is 1. The van der Waals surface area contributed by atoms with Crippen molar-refractivity contribution in [3.8, 4) is 0 Å². The third-order valence-electron chi connectivity index (χ3n) is 6.83. The van der Waals surface area contributed by atoms with Crippen LogP contribution in [0.2, 0.25) is 0 Å². The minimum Gasteiger partial charge on any atom is -0.379 e. The lowest BCUT2D eigenvalue weighted by Gasteiger charge is -2.35. The summed E-state index contributed by atoms with van der Waals surface area (Å²) in [6.07, 6.45) is 1.48. The van der Waals surface area contributed by atoms with Gasteiger partial charge in [-0.1, -0.05) is 54.6 Å². The van der Waals surface area contributed by atoms with E-state index in [1.54, 1.807) is 0 Å². The van der Waals surface area contributed by atoms with Gasteiger partial charge in [-0.2, -0.15) is 0 Å². The van der Waals surface area contributed by atoms with Gasteiger partial charge in [-0.25, -0.2) is 0 Å². The number of ether oxygens (including phenoxy) is 1. The minimum atomic E-state index is 0.0699. The van der Waals surface area contributed by atoms with Crippen LogP contribution in [-0.2, 0) is 22.4 Å². The van der Waals surface area contributed by atoms with Gasteiger partial charge in [-0.15, -0.1) is 0 Å². The van der Waals surface area contributed by atoms with Crippen LogP contribution in [0.4, 0.5) is 5.69 Å². The summed E-state index contributed by atoms with van der Waals surface area (Å²) in [6.45, 7) is 4.95. The van der Waals surface area contributed by atoms with Gasteiger partial charge < -0.3 is 15.0 Å². The Labute approximate surface area is 190 Å². The summed E-state index contributed by atoms with van der Waals surface area (Å²) in [5, 5.41) is 5.56. The number of hydrogen-bond acceptors (Lipinski definition) is 4. The highest BCUT2D eigenvalue weighted by Gasteiger charge is 2.25. The van der Waals surface area contributed by atoms with Gasteiger partial charge in [-0.3, -0.25) is 9.69 Å². The maximum atomic E-state index is 12.9. The first-order valence-electron chi connectivity index (χ1n) is 11.6. The van der Waals surface area contributed by atoms with Crippen molar-refractivity contribution < 1.29 is 9.53 Å². The van der Waals surface area contributed by atoms with E-state index in [0.29, 0.717) is 13.0 Å². The second-order valence-corrected chi connectivity index (χ2v) is 8.84. The summed E-state index contributed by atoms with van der Waals surface area (Å²) in [5.41, 5.74) is 5.09. The average molecular weight is 430 g/mol. The average Bonchev–Trinajstić information content (AvgIpc) is 3.20. The molecule has 5 heteroatoms. The molecule has 1 atom stereocenters. The van der Waals surface area contributed by atoms with Crippen LogP contribution >= 0.6 is 0 Å². The van der Waals surface area contributed by atoms with E-state index in [9.17, 15) is 4.79 Å². The molecule has 166 valence electrons. The van der Waals surface area contributed by atoms with Crippen molar-refractivity contribution in [2.24, 2.45) is 0 Å². The quantitative estimate of drug-likeness (QED) is 0.651. The van der Waals surface area contributed by atoms with Crippen LogP contribution < -0.4 is 10.2 Å². The highest BCUT2D eigenvalue weighted by molar-refractivity contribution is 5.90. The largest absolute Gasteiger partial charge is 0.379 e. The van der Waals surface area contributed by atoms with Gasteiger partial charge in [0.05, 0.1) is 25.7 Å². The Morgan fingerprint density at radius 3 is 2.72 bits per heavy atom. The van der Waals surface area contributed by atoms with Crippen LogP contribution in [0, 0.1) is 0 Å². The number of anilines is 1. The van der Waals surface area contributed by atoms with E-state index in [2.05, 4.69) is 64.6 Å². The summed E-state index contributed by atoms with van der Waals surface area (Å²) >= 11 is 0. The maximum Gasteiger partial charge on any atom is 0.224 e. The topological polar surface area (TPSA) is 44.8 Å². The molecule has 0 unspecified atom stereocenters. The molecule has 5 nitrogen and oxygen atoms in total. The number of carbonyl (C=O) groups is 1. The second kappa shape index (κ2) is 9.31. The van der Waals surface area contributed by atoms with Crippen LogP contribution in [0.5, 0.6) is 0 Å². The number of benzene rings is 3. The van der Waals surface area contributed by atoms with E-state index in [0.717, 1.165) is 50.2 Å². The zero-order valence-corrected chi connectivity index (χ0v) is 18.7. The number of morpholine rings is 1. The fourth-order valence-corrected chi connectivity index (χ4v) is 5.03. The lowest BCUT2D eigenvalue weighted by Crippen LogP contribution is -2.44. The molecule has 2 heterocycles. The fraction of sp³-hybridized carbons (Fsp3) is 0.370. The molecule has 0 aromatic heterocycles. The van der Waals surface area contributed by atoms with Crippen LogP contribution in [0.15, 0.2) is 60.7 Å². The van der Waals surface area contributed by atoms with Crippen molar-refractivity contribution in [1.29, 1.82) is 0 Å². The van der Waals surface area contributed by atoms with E-state index in [1.165, 1.54) is 22.2 Å². The summed E-state index contributed by atoms with van der Waals surface area (Å²) in [4.78, 5) is 17.7. The Morgan fingerprint density at radius 1 is 1.03 bits per heavy atom.